The van der Waals surface area contributed by atoms with Crippen LogP contribution in [-0.2, 0) is 0 Å². The van der Waals surface area contributed by atoms with Crippen LogP contribution in [0.2, 0.25) is 0 Å². The number of fused-ring (bicyclic) bond motifs is 3. The fraction of sp³-hybridized carbons (Fsp3) is 0.647. The largest absolute Gasteiger partial charge is 0.371 e. The van der Waals surface area contributed by atoms with Crippen molar-refractivity contribution in [3.63, 3.8) is 0 Å². The van der Waals surface area contributed by atoms with Crippen LogP contribution in [0.1, 0.15) is 57.6 Å². The quantitative estimate of drug-likeness (QED) is 0.752. The van der Waals surface area contributed by atoms with E-state index in [9.17, 15) is 0 Å². The van der Waals surface area contributed by atoms with Gasteiger partial charge >= 0.3 is 0 Å². The second-order valence-corrected chi connectivity index (χ2v) is 6.39. The number of nitrogens with zero attached hydrogens (tertiary/aromatic N) is 2. The van der Waals surface area contributed by atoms with Gasteiger partial charge in [0, 0.05) is 54.5 Å². The first kappa shape index (κ1) is 12.8. The molecule has 0 amide bonds. The lowest BCUT2D eigenvalue weighted by Gasteiger charge is -2.24. The van der Waals surface area contributed by atoms with Crippen molar-refractivity contribution < 1.29 is 0 Å². The zero-order chi connectivity index (χ0) is 13.9. The van der Waals surface area contributed by atoms with Gasteiger partial charge in [0.2, 0.25) is 0 Å². The molecule has 2 heterocycles. The second-order valence-electron chi connectivity index (χ2n) is 6.39. The molecule has 0 spiro atoms. The van der Waals surface area contributed by atoms with Crippen LogP contribution < -0.4 is 9.80 Å². The molecule has 0 aromatic heterocycles. The average Bonchev–Trinajstić information content (AvgIpc) is 2.78. The third-order valence-electron chi connectivity index (χ3n) is 5.72. The van der Waals surface area contributed by atoms with E-state index in [1.807, 2.05) is 0 Å². The van der Waals surface area contributed by atoms with Crippen molar-refractivity contribution in [1.82, 2.24) is 0 Å². The Kier molecular flexibility index (Phi) is 2.81. The minimum absolute atomic E-state index is 0.611. The molecule has 2 nitrogen and oxygen atoms in total. The van der Waals surface area contributed by atoms with Gasteiger partial charge in [0.05, 0.1) is 0 Å². The van der Waals surface area contributed by atoms with Crippen molar-refractivity contribution in [2.75, 3.05) is 23.4 Å². The van der Waals surface area contributed by atoms with E-state index in [4.69, 9.17) is 0 Å². The molecule has 0 bridgehead atoms. The van der Waals surface area contributed by atoms with Crippen LogP contribution in [0.15, 0.2) is 12.1 Å². The summed E-state index contributed by atoms with van der Waals surface area (Å²) < 4.78 is 0. The first-order valence-corrected chi connectivity index (χ1v) is 7.65. The molecular formula is C17H26N2. The summed E-state index contributed by atoms with van der Waals surface area (Å²) in [5.41, 5.74) is 6.12. The zero-order valence-corrected chi connectivity index (χ0v) is 13.1. The molecule has 0 saturated heterocycles. The van der Waals surface area contributed by atoms with Crippen LogP contribution in [0.4, 0.5) is 11.4 Å². The van der Waals surface area contributed by atoms with E-state index in [0.717, 1.165) is 6.54 Å². The minimum atomic E-state index is 0.611. The van der Waals surface area contributed by atoms with E-state index in [0.29, 0.717) is 23.9 Å². The van der Waals surface area contributed by atoms with E-state index < -0.39 is 0 Å². The predicted molar refractivity (Wildman–Crippen MR) is 83.6 cm³/mol. The summed E-state index contributed by atoms with van der Waals surface area (Å²) in [7, 11) is 2.26. The second kappa shape index (κ2) is 4.16. The van der Waals surface area contributed by atoms with Crippen molar-refractivity contribution in [2.24, 2.45) is 0 Å². The molecular weight excluding hydrogens is 232 g/mol. The lowest BCUT2D eigenvalue weighted by atomic mass is 9.92. The van der Waals surface area contributed by atoms with Gasteiger partial charge in [0.1, 0.15) is 0 Å². The summed E-state index contributed by atoms with van der Waals surface area (Å²) in [6.45, 7) is 12.8. The van der Waals surface area contributed by atoms with Crippen LogP contribution in [0.5, 0.6) is 0 Å². The minimum Gasteiger partial charge on any atom is -0.371 e. The molecule has 2 aliphatic heterocycles. The van der Waals surface area contributed by atoms with Crippen LogP contribution in [0.3, 0.4) is 0 Å². The Morgan fingerprint density at radius 3 is 2.32 bits per heavy atom. The monoisotopic (exact) mass is 258 g/mol. The molecule has 4 atom stereocenters. The Bertz CT molecular complexity index is 508. The number of rotatable bonds is 1. The van der Waals surface area contributed by atoms with E-state index >= 15 is 0 Å². The molecule has 0 unspecified atom stereocenters. The summed E-state index contributed by atoms with van der Waals surface area (Å²) in [5, 5.41) is 0. The maximum Gasteiger partial charge on any atom is 0.0459 e. The van der Waals surface area contributed by atoms with Gasteiger partial charge in [0.25, 0.3) is 0 Å². The molecule has 1 aromatic rings. The third-order valence-corrected chi connectivity index (χ3v) is 5.72. The van der Waals surface area contributed by atoms with Gasteiger partial charge in [-0.1, -0.05) is 19.9 Å². The average molecular weight is 258 g/mol. The van der Waals surface area contributed by atoms with Crippen LogP contribution >= 0.6 is 0 Å². The number of hydrogen-bond donors (Lipinski definition) is 0. The van der Waals surface area contributed by atoms with Crippen LogP contribution in [0, 0.1) is 0 Å². The third kappa shape index (κ3) is 1.49. The summed E-state index contributed by atoms with van der Waals surface area (Å²) in [5.74, 6) is 1.27. The van der Waals surface area contributed by atoms with Gasteiger partial charge in [-0.2, -0.15) is 0 Å². The van der Waals surface area contributed by atoms with Crippen LogP contribution in [0.25, 0.3) is 0 Å². The highest BCUT2D eigenvalue weighted by molar-refractivity contribution is 5.78. The van der Waals surface area contributed by atoms with E-state index in [-0.39, 0.29) is 0 Å². The zero-order valence-electron chi connectivity index (χ0n) is 13.1. The van der Waals surface area contributed by atoms with Crippen molar-refractivity contribution >= 4 is 11.4 Å². The Balaban J connectivity index is 2.21. The topological polar surface area (TPSA) is 6.48 Å². The summed E-state index contributed by atoms with van der Waals surface area (Å²) in [6, 6.07) is 5.96. The molecule has 19 heavy (non-hydrogen) atoms. The Hall–Kier alpha value is -1.18. The highest BCUT2D eigenvalue weighted by atomic mass is 15.2. The van der Waals surface area contributed by atoms with Gasteiger partial charge in [-0.05, 0) is 32.4 Å². The molecule has 0 radical (unpaired) electrons. The molecule has 0 saturated carbocycles. The normalized spacial score (nSPS) is 32.7. The number of anilines is 2. The lowest BCUT2D eigenvalue weighted by Crippen LogP contribution is -2.30. The van der Waals surface area contributed by atoms with Crippen molar-refractivity contribution in [3.8, 4) is 0 Å². The van der Waals surface area contributed by atoms with E-state index in [2.05, 4.69) is 63.6 Å². The fourth-order valence-electron chi connectivity index (χ4n) is 4.06. The molecule has 104 valence electrons. The Morgan fingerprint density at radius 1 is 1.00 bits per heavy atom. The summed E-state index contributed by atoms with van der Waals surface area (Å²) in [6.07, 6.45) is 0. The maximum absolute atomic E-state index is 2.56. The number of likely N-dealkylation sites (N-methyl/N-ethyl adjacent to an activating group) is 2. The number of hydrogen-bond acceptors (Lipinski definition) is 2. The van der Waals surface area contributed by atoms with Crippen molar-refractivity contribution in [2.45, 2.75) is 58.5 Å². The van der Waals surface area contributed by atoms with Gasteiger partial charge in [-0.25, -0.2) is 0 Å². The van der Waals surface area contributed by atoms with Gasteiger partial charge < -0.3 is 9.80 Å². The first-order valence-electron chi connectivity index (χ1n) is 7.65. The van der Waals surface area contributed by atoms with Crippen LogP contribution in [-0.4, -0.2) is 25.7 Å². The van der Waals surface area contributed by atoms with E-state index in [1.165, 1.54) is 11.4 Å². The highest BCUT2D eigenvalue weighted by Gasteiger charge is 2.40. The highest BCUT2D eigenvalue weighted by Crippen LogP contribution is 2.52. The molecule has 0 aliphatic carbocycles. The standard InChI is InChI=1S/C17H26N2/c1-7-19-13(5)11(3)16-15(19)9-8-14-10(2)12(4)18(6)17(14)16/h8-13H,7H2,1-6H3/t10-,11-,12+,13+/m1/s1. The molecule has 1 aromatic carbocycles. The molecule has 0 N–H and O–H groups in total. The van der Waals surface area contributed by atoms with Gasteiger partial charge in [0.15, 0.2) is 0 Å². The molecule has 2 heteroatoms. The van der Waals surface area contributed by atoms with Crippen molar-refractivity contribution in [1.29, 1.82) is 0 Å². The van der Waals surface area contributed by atoms with Gasteiger partial charge in [-0.3, -0.25) is 0 Å². The Labute approximate surface area is 117 Å². The van der Waals surface area contributed by atoms with E-state index in [1.54, 1.807) is 11.1 Å². The van der Waals surface area contributed by atoms with Crippen molar-refractivity contribution in [3.05, 3.63) is 23.3 Å². The molecule has 3 rings (SSSR count). The number of benzene rings is 1. The molecule has 0 fully saturated rings. The molecule has 2 aliphatic rings. The Morgan fingerprint density at radius 2 is 1.68 bits per heavy atom. The lowest BCUT2D eigenvalue weighted by molar-refractivity contribution is 0.599. The van der Waals surface area contributed by atoms with Gasteiger partial charge in [-0.15, -0.1) is 0 Å². The first-order chi connectivity index (χ1) is 8.99. The smallest absolute Gasteiger partial charge is 0.0459 e. The summed E-state index contributed by atoms with van der Waals surface area (Å²) >= 11 is 0. The maximum atomic E-state index is 2.56. The SMILES string of the molecule is CCN1c2ccc3c(c2[C@H](C)[C@@H]1C)N(C)[C@@H](C)[C@H]3C. The fourth-order valence-corrected chi connectivity index (χ4v) is 4.06. The predicted octanol–water partition coefficient (Wildman–Crippen LogP) is 3.96. The summed E-state index contributed by atoms with van der Waals surface area (Å²) in [4.78, 5) is 5.06.